The van der Waals surface area contributed by atoms with Gasteiger partial charge in [-0.15, -0.1) is 0 Å². The van der Waals surface area contributed by atoms with Crippen LogP contribution in [0.5, 0.6) is 0 Å². The zero-order chi connectivity index (χ0) is 43.8. The first-order valence-electron chi connectivity index (χ1n) is 20.1. The minimum absolute atomic E-state index is 0.0368. The van der Waals surface area contributed by atoms with Crippen LogP contribution in [0.15, 0.2) is 48.5 Å². The Bertz CT molecular complexity index is 1750. The van der Waals surface area contributed by atoms with Gasteiger partial charge in [-0.2, -0.15) is 0 Å². The van der Waals surface area contributed by atoms with Crippen LogP contribution in [0.3, 0.4) is 0 Å². The number of likely N-dealkylation sites (tertiary alicyclic amines) is 1. The summed E-state index contributed by atoms with van der Waals surface area (Å²) in [6.07, 6.45) is -3.02. The van der Waals surface area contributed by atoms with E-state index >= 15 is 0 Å². The number of benzene rings is 2. The van der Waals surface area contributed by atoms with Gasteiger partial charge in [0.05, 0.1) is 32.3 Å². The first-order valence-corrected chi connectivity index (χ1v) is 20.1. The Kier molecular flexibility index (Phi) is 15.3. The van der Waals surface area contributed by atoms with Crippen LogP contribution in [0, 0.1) is 0 Å². The number of nitrogens with one attached hydrogen (secondary N) is 3. The highest BCUT2D eigenvalue weighted by molar-refractivity contribution is 5.86. The minimum Gasteiger partial charge on any atom is -0.449 e. The molecule has 0 aromatic heterocycles. The van der Waals surface area contributed by atoms with Crippen molar-refractivity contribution >= 4 is 30.3 Å². The van der Waals surface area contributed by atoms with E-state index in [2.05, 4.69) is 16.0 Å². The van der Waals surface area contributed by atoms with Gasteiger partial charge in [0.2, 0.25) is 5.91 Å². The standard InChI is InChI=1S/C43H63N5O11/c1-40(2,3)57-36(51)44-21-15-14-20-34(46-37(52)56-24-33-31-18-12-10-16-29(31)30-17-11-13-19-32(30)33)35(50)45-22-28(49)23-47(38(53)58-41(4,5)6)25-43(55)26-48(27-43)39(54)59-42(7,8)9/h10-13,16-19,28,33-34,49,55H,14-15,20-27H2,1-9H3,(H,44,51)(H,45,50)(H,46,52)/t28-,34-/m0/s1. The Labute approximate surface area is 347 Å². The summed E-state index contributed by atoms with van der Waals surface area (Å²) in [6.45, 7) is 14.7. The van der Waals surface area contributed by atoms with Crippen molar-refractivity contribution in [1.82, 2.24) is 25.8 Å². The highest BCUT2D eigenvalue weighted by Crippen LogP contribution is 2.44. The smallest absolute Gasteiger partial charge is 0.410 e. The number of alkyl carbamates (subject to hydrolysis) is 2. The van der Waals surface area contributed by atoms with Crippen molar-refractivity contribution in [3.05, 3.63) is 59.7 Å². The second-order valence-electron chi connectivity index (χ2n) is 18.3. The third-order valence-electron chi connectivity index (χ3n) is 9.24. The van der Waals surface area contributed by atoms with Gasteiger partial charge in [0.25, 0.3) is 0 Å². The highest BCUT2D eigenvalue weighted by Gasteiger charge is 2.47. The van der Waals surface area contributed by atoms with Crippen molar-refractivity contribution in [2.24, 2.45) is 0 Å². The Balaban J connectivity index is 1.37. The monoisotopic (exact) mass is 825 g/mol. The number of ether oxygens (including phenoxy) is 4. The van der Waals surface area contributed by atoms with Crippen LogP contribution >= 0.6 is 0 Å². The van der Waals surface area contributed by atoms with E-state index in [1.807, 2.05) is 48.5 Å². The molecule has 1 heterocycles. The molecular weight excluding hydrogens is 762 g/mol. The van der Waals surface area contributed by atoms with E-state index in [9.17, 15) is 34.2 Å². The lowest BCUT2D eigenvalue weighted by molar-refractivity contribution is -0.124. The van der Waals surface area contributed by atoms with Crippen molar-refractivity contribution in [1.29, 1.82) is 0 Å². The van der Waals surface area contributed by atoms with Crippen LogP contribution in [-0.2, 0) is 23.7 Å². The molecule has 0 radical (unpaired) electrons. The molecule has 2 aromatic carbocycles. The minimum atomic E-state index is -1.49. The average molecular weight is 826 g/mol. The lowest BCUT2D eigenvalue weighted by Gasteiger charge is -2.48. The van der Waals surface area contributed by atoms with Gasteiger partial charge < -0.3 is 54.9 Å². The molecule has 2 aromatic rings. The van der Waals surface area contributed by atoms with E-state index in [4.69, 9.17) is 18.9 Å². The highest BCUT2D eigenvalue weighted by atomic mass is 16.6. The Morgan fingerprint density at radius 1 is 0.797 bits per heavy atom. The first-order chi connectivity index (χ1) is 27.4. The molecule has 0 bridgehead atoms. The molecule has 1 saturated heterocycles. The number of nitrogens with zero attached hydrogens (tertiary/aromatic N) is 2. The molecule has 0 unspecified atom stereocenters. The summed E-state index contributed by atoms with van der Waals surface area (Å²) < 4.78 is 21.9. The van der Waals surface area contributed by atoms with Gasteiger partial charge in [-0.25, -0.2) is 19.2 Å². The molecule has 2 aliphatic rings. The quantitative estimate of drug-likeness (QED) is 0.115. The van der Waals surface area contributed by atoms with Crippen molar-refractivity contribution in [2.45, 2.75) is 122 Å². The van der Waals surface area contributed by atoms with Gasteiger partial charge in [-0.3, -0.25) is 4.79 Å². The number of aliphatic hydroxyl groups excluding tert-OH is 1. The topological polar surface area (TPSA) is 205 Å². The number of rotatable bonds is 15. The molecule has 5 amide bonds. The predicted octanol–water partition coefficient (Wildman–Crippen LogP) is 5.28. The SMILES string of the molecule is CC(C)(C)OC(=O)NCCCC[C@H](NC(=O)OCC1c2ccccc2-c2ccccc21)C(=O)NC[C@H](O)CN(CC1(O)CN(C(=O)OC(C)(C)C)C1)C(=O)OC(C)(C)C. The summed E-state index contributed by atoms with van der Waals surface area (Å²) in [5.74, 6) is -0.798. The van der Waals surface area contributed by atoms with Crippen LogP contribution in [0.1, 0.15) is 98.6 Å². The number of carbonyl (C=O) groups excluding carboxylic acids is 5. The van der Waals surface area contributed by atoms with Crippen LogP contribution in [0.2, 0.25) is 0 Å². The molecular formula is C43H63N5O11. The van der Waals surface area contributed by atoms with Gasteiger partial charge in [0, 0.05) is 19.0 Å². The van der Waals surface area contributed by atoms with E-state index in [1.54, 1.807) is 62.3 Å². The summed E-state index contributed by atoms with van der Waals surface area (Å²) in [5.41, 5.74) is 0.442. The van der Waals surface area contributed by atoms with Crippen LogP contribution < -0.4 is 16.0 Å². The Morgan fingerprint density at radius 3 is 1.92 bits per heavy atom. The fraction of sp³-hybridized carbons (Fsp3) is 0.605. The average Bonchev–Trinajstić information content (AvgIpc) is 3.42. The molecule has 1 fully saturated rings. The summed E-state index contributed by atoms with van der Waals surface area (Å²) >= 11 is 0. The lowest BCUT2D eigenvalue weighted by Crippen LogP contribution is -2.68. The number of fused-ring (bicyclic) bond motifs is 3. The molecule has 59 heavy (non-hydrogen) atoms. The molecule has 16 heteroatoms. The third-order valence-corrected chi connectivity index (χ3v) is 9.24. The summed E-state index contributed by atoms with van der Waals surface area (Å²) in [7, 11) is 0. The second kappa shape index (κ2) is 19.3. The van der Waals surface area contributed by atoms with E-state index in [-0.39, 0.29) is 58.2 Å². The van der Waals surface area contributed by atoms with Gasteiger partial charge in [0.15, 0.2) is 0 Å². The maximum absolute atomic E-state index is 13.6. The number of unbranched alkanes of at least 4 members (excludes halogenated alkanes) is 1. The summed E-state index contributed by atoms with van der Waals surface area (Å²) in [6, 6.07) is 14.8. The van der Waals surface area contributed by atoms with Crippen LogP contribution in [0.25, 0.3) is 11.1 Å². The van der Waals surface area contributed by atoms with Gasteiger partial charge in [-0.1, -0.05) is 48.5 Å². The first kappa shape index (κ1) is 46.6. The Hall–Kier alpha value is -5.09. The second-order valence-corrected chi connectivity index (χ2v) is 18.3. The lowest BCUT2D eigenvalue weighted by atomic mass is 9.94. The molecule has 5 N–H and O–H groups in total. The van der Waals surface area contributed by atoms with Gasteiger partial charge >= 0.3 is 24.4 Å². The third kappa shape index (κ3) is 14.6. The molecule has 1 aliphatic carbocycles. The van der Waals surface area contributed by atoms with E-state index < -0.39 is 64.8 Å². The van der Waals surface area contributed by atoms with Crippen molar-refractivity contribution < 1.29 is 53.1 Å². The normalized spacial score (nSPS) is 15.7. The largest absolute Gasteiger partial charge is 0.449 e. The number of hydrogen-bond acceptors (Lipinski definition) is 11. The zero-order valence-corrected chi connectivity index (χ0v) is 35.9. The van der Waals surface area contributed by atoms with Crippen molar-refractivity contribution in [2.75, 3.05) is 45.9 Å². The van der Waals surface area contributed by atoms with E-state index in [0.717, 1.165) is 27.2 Å². The van der Waals surface area contributed by atoms with Crippen molar-refractivity contribution in [3.8, 4) is 11.1 Å². The Morgan fingerprint density at radius 2 is 1.36 bits per heavy atom. The van der Waals surface area contributed by atoms with Gasteiger partial charge in [0.1, 0.15) is 35.1 Å². The van der Waals surface area contributed by atoms with Gasteiger partial charge in [-0.05, 0) is 104 Å². The molecule has 4 rings (SSSR count). The number of aliphatic hydroxyl groups is 2. The van der Waals surface area contributed by atoms with Crippen LogP contribution in [0.4, 0.5) is 19.2 Å². The molecule has 0 saturated carbocycles. The molecule has 1 aliphatic heterocycles. The molecule has 16 nitrogen and oxygen atoms in total. The fourth-order valence-electron chi connectivity index (χ4n) is 6.79. The zero-order valence-electron chi connectivity index (χ0n) is 35.9. The maximum atomic E-state index is 13.6. The van der Waals surface area contributed by atoms with E-state index in [0.29, 0.717) is 12.8 Å². The fourth-order valence-corrected chi connectivity index (χ4v) is 6.79. The number of hydrogen-bond donors (Lipinski definition) is 5. The number of carbonyl (C=O) groups is 5. The molecule has 326 valence electrons. The predicted molar refractivity (Wildman–Crippen MR) is 220 cm³/mol. The number of amides is 5. The van der Waals surface area contributed by atoms with Crippen LogP contribution in [-0.4, -0.2) is 131 Å². The number of β-amino-alcohol motifs (C(OH)–C–C–N with tert-alkyl or cyclic N) is 1. The maximum Gasteiger partial charge on any atom is 0.410 e. The summed E-state index contributed by atoms with van der Waals surface area (Å²) in [5, 5.41) is 30.3. The van der Waals surface area contributed by atoms with E-state index in [1.165, 1.54) is 4.90 Å². The molecule has 0 spiro atoms. The molecule has 2 atom stereocenters. The van der Waals surface area contributed by atoms with Crippen molar-refractivity contribution in [3.63, 3.8) is 0 Å². The summed E-state index contributed by atoms with van der Waals surface area (Å²) in [4.78, 5) is 67.2.